The number of pyridine rings is 1. The van der Waals surface area contributed by atoms with E-state index in [0.717, 1.165) is 31.6 Å². The van der Waals surface area contributed by atoms with Gasteiger partial charge in [0.1, 0.15) is 6.23 Å². The number of fused-ring (bicyclic) bond motifs is 3. The Kier molecular flexibility index (Phi) is 3.93. The smallest absolute Gasteiger partial charge is 0.371 e. The van der Waals surface area contributed by atoms with Crippen LogP contribution < -0.4 is 9.80 Å². The Balaban J connectivity index is 1.74. The highest BCUT2D eigenvalue weighted by molar-refractivity contribution is 5.73. The summed E-state index contributed by atoms with van der Waals surface area (Å²) in [5.41, 5.74) is -0.375. The van der Waals surface area contributed by atoms with Crippen LogP contribution in [0.1, 0.15) is 39.2 Å². The van der Waals surface area contributed by atoms with E-state index < -0.39 is 18.0 Å². The first-order valence-corrected chi connectivity index (χ1v) is 9.13. The summed E-state index contributed by atoms with van der Waals surface area (Å²) in [5, 5.41) is 11.0. The molecule has 5 nitrogen and oxygen atoms in total. The molecule has 1 unspecified atom stereocenters. The summed E-state index contributed by atoms with van der Waals surface area (Å²) in [6, 6.07) is 1.05. The molecule has 2 aliphatic heterocycles. The third kappa shape index (κ3) is 2.93. The Morgan fingerprint density at radius 3 is 2.42 bits per heavy atom. The second kappa shape index (κ2) is 5.73. The zero-order chi connectivity index (χ0) is 18.9. The molecule has 0 radical (unpaired) electrons. The van der Waals surface area contributed by atoms with E-state index in [1.165, 1.54) is 0 Å². The summed E-state index contributed by atoms with van der Waals surface area (Å²) >= 11 is 0. The van der Waals surface area contributed by atoms with Gasteiger partial charge >= 0.3 is 6.18 Å². The maximum Gasteiger partial charge on any atom is 0.417 e. The number of alkyl halides is 3. The summed E-state index contributed by atoms with van der Waals surface area (Å²) < 4.78 is 39.5. The molecule has 4 rings (SSSR count). The van der Waals surface area contributed by atoms with E-state index in [-0.39, 0.29) is 17.6 Å². The van der Waals surface area contributed by atoms with Crippen molar-refractivity contribution in [2.75, 3.05) is 29.4 Å². The zero-order valence-corrected chi connectivity index (χ0v) is 15.3. The first-order valence-electron chi connectivity index (χ1n) is 9.13. The molecule has 3 aliphatic rings. The number of hydrogen-bond donors (Lipinski definition) is 1. The molecule has 1 N–H and O–H groups in total. The third-order valence-corrected chi connectivity index (χ3v) is 5.66. The summed E-state index contributed by atoms with van der Waals surface area (Å²) in [4.78, 5) is 10.3. The molecule has 144 valence electrons. The SMILES string of the molecule is CC(C)(C)N1CCN2c3ncc(C(F)(F)F)cc3N(C3CC3)C(O)[C@@H]2C1. The number of halogens is 3. The van der Waals surface area contributed by atoms with Gasteiger partial charge in [0.2, 0.25) is 0 Å². The molecule has 1 aromatic rings. The van der Waals surface area contributed by atoms with Crippen LogP contribution in [0.2, 0.25) is 0 Å². The average Bonchev–Trinajstić information content (AvgIpc) is 3.37. The lowest BCUT2D eigenvalue weighted by Crippen LogP contribution is -2.67. The van der Waals surface area contributed by atoms with Gasteiger partial charge in [0.25, 0.3) is 0 Å². The highest BCUT2D eigenvalue weighted by atomic mass is 19.4. The standard InChI is InChI=1S/C18H25F3N4O/c1-17(2,3)23-6-7-24-14(10-23)16(26)25(12-4-5-12)13-8-11(18(19,20)21)9-22-15(13)24/h8-9,12,14,16,26H,4-7,10H2,1-3H3/t14-,16?/m0/s1. The minimum Gasteiger partial charge on any atom is -0.371 e. The van der Waals surface area contributed by atoms with E-state index in [1.54, 1.807) is 4.90 Å². The summed E-state index contributed by atoms with van der Waals surface area (Å²) in [6.07, 6.45) is -2.57. The number of aliphatic hydroxyl groups is 1. The van der Waals surface area contributed by atoms with Crippen molar-refractivity contribution in [3.05, 3.63) is 17.8 Å². The van der Waals surface area contributed by atoms with E-state index in [9.17, 15) is 18.3 Å². The van der Waals surface area contributed by atoms with Crippen molar-refractivity contribution in [3.63, 3.8) is 0 Å². The molecule has 3 heterocycles. The van der Waals surface area contributed by atoms with Gasteiger partial charge in [0.15, 0.2) is 5.82 Å². The highest BCUT2D eigenvalue weighted by Gasteiger charge is 2.48. The van der Waals surface area contributed by atoms with Crippen LogP contribution in [0, 0.1) is 0 Å². The minimum absolute atomic E-state index is 0.0237. The van der Waals surface area contributed by atoms with Crippen LogP contribution in [-0.4, -0.2) is 58.5 Å². The maximum absolute atomic E-state index is 13.2. The largest absolute Gasteiger partial charge is 0.417 e. The van der Waals surface area contributed by atoms with Crippen molar-refractivity contribution in [1.29, 1.82) is 0 Å². The van der Waals surface area contributed by atoms with Crippen molar-refractivity contribution < 1.29 is 18.3 Å². The fourth-order valence-corrected chi connectivity index (χ4v) is 4.04. The molecular formula is C18H25F3N4O. The van der Waals surface area contributed by atoms with Gasteiger partial charge in [0.05, 0.1) is 17.3 Å². The van der Waals surface area contributed by atoms with Crippen LogP contribution in [0.25, 0.3) is 0 Å². The number of anilines is 2. The number of aromatic nitrogens is 1. The van der Waals surface area contributed by atoms with Crippen LogP contribution in [0.3, 0.4) is 0 Å². The van der Waals surface area contributed by atoms with Gasteiger partial charge in [-0.3, -0.25) is 4.90 Å². The Labute approximate surface area is 151 Å². The predicted octanol–water partition coefficient (Wildman–Crippen LogP) is 2.69. The quantitative estimate of drug-likeness (QED) is 0.823. The van der Waals surface area contributed by atoms with E-state index in [4.69, 9.17) is 0 Å². The van der Waals surface area contributed by atoms with Crippen LogP contribution in [-0.2, 0) is 6.18 Å². The van der Waals surface area contributed by atoms with Crippen LogP contribution in [0.4, 0.5) is 24.7 Å². The van der Waals surface area contributed by atoms with Crippen molar-refractivity contribution in [2.24, 2.45) is 0 Å². The third-order valence-electron chi connectivity index (χ3n) is 5.66. The molecule has 8 heteroatoms. The van der Waals surface area contributed by atoms with Crippen LogP contribution in [0.5, 0.6) is 0 Å². The van der Waals surface area contributed by atoms with Gasteiger partial charge in [-0.1, -0.05) is 0 Å². The molecule has 1 saturated carbocycles. The number of rotatable bonds is 1. The van der Waals surface area contributed by atoms with E-state index in [0.29, 0.717) is 24.6 Å². The number of nitrogens with zero attached hydrogens (tertiary/aromatic N) is 4. The molecule has 0 spiro atoms. The Hall–Kier alpha value is -1.54. The van der Waals surface area contributed by atoms with E-state index >= 15 is 0 Å². The first kappa shape index (κ1) is 17.9. The van der Waals surface area contributed by atoms with Gasteiger partial charge in [-0.15, -0.1) is 0 Å². The number of piperazine rings is 1. The van der Waals surface area contributed by atoms with Crippen LogP contribution >= 0.6 is 0 Å². The first-order chi connectivity index (χ1) is 12.1. The van der Waals surface area contributed by atoms with Gasteiger partial charge in [-0.25, -0.2) is 4.98 Å². The molecule has 1 aromatic heterocycles. The van der Waals surface area contributed by atoms with Crippen molar-refractivity contribution in [3.8, 4) is 0 Å². The molecule has 0 aromatic carbocycles. The number of hydrogen-bond acceptors (Lipinski definition) is 5. The molecule has 1 saturated heterocycles. The molecule has 0 bridgehead atoms. The lowest BCUT2D eigenvalue weighted by molar-refractivity contribution is -0.137. The lowest BCUT2D eigenvalue weighted by atomic mass is 9.98. The Morgan fingerprint density at radius 2 is 1.85 bits per heavy atom. The average molecular weight is 370 g/mol. The fourth-order valence-electron chi connectivity index (χ4n) is 4.04. The minimum atomic E-state index is -4.44. The van der Waals surface area contributed by atoms with E-state index in [2.05, 4.69) is 30.7 Å². The topological polar surface area (TPSA) is 42.8 Å². The summed E-state index contributed by atoms with van der Waals surface area (Å²) in [7, 11) is 0. The van der Waals surface area contributed by atoms with Gasteiger partial charge in [0, 0.05) is 37.4 Å². The van der Waals surface area contributed by atoms with Crippen LogP contribution in [0.15, 0.2) is 12.3 Å². The second-order valence-electron chi connectivity index (χ2n) is 8.49. The monoisotopic (exact) mass is 370 g/mol. The predicted molar refractivity (Wildman–Crippen MR) is 93.2 cm³/mol. The molecule has 26 heavy (non-hydrogen) atoms. The Bertz CT molecular complexity index is 699. The van der Waals surface area contributed by atoms with Gasteiger partial charge in [-0.05, 0) is 39.7 Å². The summed E-state index contributed by atoms with van der Waals surface area (Å²) in [6.45, 7) is 8.51. The van der Waals surface area contributed by atoms with Gasteiger partial charge in [-0.2, -0.15) is 13.2 Å². The lowest BCUT2D eigenvalue weighted by Gasteiger charge is -2.54. The second-order valence-corrected chi connectivity index (χ2v) is 8.49. The number of aliphatic hydroxyl groups excluding tert-OH is 1. The highest BCUT2D eigenvalue weighted by Crippen LogP contribution is 2.45. The van der Waals surface area contributed by atoms with Crippen molar-refractivity contribution >= 4 is 11.5 Å². The molecule has 0 amide bonds. The molecule has 1 aliphatic carbocycles. The fraction of sp³-hybridized carbons (Fsp3) is 0.722. The van der Waals surface area contributed by atoms with Crippen molar-refractivity contribution in [2.45, 2.75) is 63.6 Å². The normalized spacial score (nSPS) is 27.3. The molecule has 2 fully saturated rings. The summed E-state index contributed by atoms with van der Waals surface area (Å²) in [5.74, 6) is 0.564. The van der Waals surface area contributed by atoms with Crippen molar-refractivity contribution in [1.82, 2.24) is 9.88 Å². The maximum atomic E-state index is 13.2. The molecular weight excluding hydrogens is 345 g/mol. The molecule has 2 atom stereocenters. The van der Waals surface area contributed by atoms with Gasteiger partial charge < -0.3 is 14.9 Å². The van der Waals surface area contributed by atoms with E-state index in [1.807, 2.05) is 4.90 Å². The Morgan fingerprint density at radius 1 is 1.15 bits per heavy atom. The zero-order valence-electron chi connectivity index (χ0n) is 15.3.